The van der Waals surface area contributed by atoms with Crippen molar-refractivity contribution < 1.29 is 13.2 Å². The lowest BCUT2D eigenvalue weighted by Crippen LogP contribution is -1.98. The van der Waals surface area contributed by atoms with E-state index in [1.54, 1.807) is 0 Å². The summed E-state index contributed by atoms with van der Waals surface area (Å²) in [6, 6.07) is 4.82. The smallest absolute Gasteiger partial charge is 0.222 e. The lowest BCUT2D eigenvalue weighted by Gasteiger charge is -2.03. The van der Waals surface area contributed by atoms with E-state index in [9.17, 15) is 13.2 Å². The van der Waals surface area contributed by atoms with E-state index >= 15 is 0 Å². The Kier molecular flexibility index (Phi) is 3.31. The SMILES string of the molecule is Fc1cc(-n2nc(C(F)F)cc2Cl)ccc1Cl. The lowest BCUT2D eigenvalue weighted by atomic mass is 10.3. The number of nitrogens with zero attached hydrogens (tertiary/aromatic N) is 2. The van der Waals surface area contributed by atoms with Gasteiger partial charge in [-0.2, -0.15) is 5.10 Å². The molecular weight excluding hydrogens is 276 g/mol. The van der Waals surface area contributed by atoms with Crippen molar-refractivity contribution >= 4 is 23.2 Å². The molecule has 2 nitrogen and oxygen atoms in total. The van der Waals surface area contributed by atoms with E-state index in [4.69, 9.17) is 23.2 Å². The molecule has 0 atom stereocenters. The summed E-state index contributed by atoms with van der Waals surface area (Å²) in [6.45, 7) is 0. The summed E-state index contributed by atoms with van der Waals surface area (Å²) >= 11 is 11.2. The maximum atomic E-state index is 13.2. The average Bonchev–Trinajstić information content (AvgIpc) is 2.65. The van der Waals surface area contributed by atoms with Crippen LogP contribution in [0.15, 0.2) is 24.3 Å². The highest BCUT2D eigenvalue weighted by atomic mass is 35.5. The van der Waals surface area contributed by atoms with Gasteiger partial charge in [0.2, 0.25) is 0 Å². The van der Waals surface area contributed by atoms with E-state index in [1.165, 1.54) is 12.1 Å². The van der Waals surface area contributed by atoms with Crippen molar-refractivity contribution in [2.75, 3.05) is 0 Å². The molecule has 17 heavy (non-hydrogen) atoms. The van der Waals surface area contributed by atoms with Gasteiger partial charge in [-0.3, -0.25) is 0 Å². The Morgan fingerprint density at radius 2 is 1.88 bits per heavy atom. The molecule has 0 bridgehead atoms. The van der Waals surface area contributed by atoms with Crippen molar-refractivity contribution in [3.63, 3.8) is 0 Å². The Hall–Kier alpha value is -1.20. The molecule has 0 saturated heterocycles. The molecule has 0 aliphatic heterocycles. The summed E-state index contributed by atoms with van der Waals surface area (Å²) in [7, 11) is 0. The van der Waals surface area contributed by atoms with E-state index in [1.807, 2.05) is 0 Å². The molecule has 90 valence electrons. The molecule has 0 amide bonds. The minimum atomic E-state index is -2.73. The van der Waals surface area contributed by atoms with Crippen LogP contribution in [0.1, 0.15) is 12.1 Å². The highest BCUT2D eigenvalue weighted by Gasteiger charge is 2.15. The van der Waals surface area contributed by atoms with Gasteiger partial charge >= 0.3 is 0 Å². The Balaban J connectivity index is 2.49. The third kappa shape index (κ3) is 2.40. The molecule has 0 fully saturated rings. The van der Waals surface area contributed by atoms with Crippen molar-refractivity contribution in [1.82, 2.24) is 9.78 Å². The molecule has 0 spiro atoms. The summed E-state index contributed by atoms with van der Waals surface area (Å²) in [5, 5.41) is 3.49. The van der Waals surface area contributed by atoms with Crippen molar-refractivity contribution in [3.8, 4) is 5.69 Å². The van der Waals surface area contributed by atoms with Gasteiger partial charge in [0.25, 0.3) is 6.43 Å². The fourth-order valence-electron chi connectivity index (χ4n) is 1.28. The van der Waals surface area contributed by atoms with Crippen LogP contribution in [0.5, 0.6) is 0 Å². The van der Waals surface area contributed by atoms with Gasteiger partial charge in [0, 0.05) is 12.1 Å². The van der Waals surface area contributed by atoms with E-state index in [0.717, 1.165) is 16.8 Å². The number of halogens is 5. The summed E-state index contributed by atoms with van der Waals surface area (Å²) < 4.78 is 39.0. The zero-order valence-electron chi connectivity index (χ0n) is 8.17. The first-order valence-electron chi connectivity index (χ1n) is 4.48. The minimum absolute atomic E-state index is 0.0259. The van der Waals surface area contributed by atoms with Crippen LogP contribution in [0.2, 0.25) is 10.2 Å². The number of hydrogen-bond donors (Lipinski definition) is 0. The van der Waals surface area contributed by atoms with Gasteiger partial charge in [-0.25, -0.2) is 17.9 Å². The number of rotatable bonds is 2. The first kappa shape index (κ1) is 12.3. The Morgan fingerprint density at radius 3 is 2.41 bits per heavy atom. The molecule has 0 saturated carbocycles. The van der Waals surface area contributed by atoms with E-state index < -0.39 is 17.9 Å². The number of alkyl halides is 2. The Morgan fingerprint density at radius 1 is 1.18 bits per heavy atom. The van der Waals surface area contributed by atoms with Crippen LogP contribution < -0.4 is 0 Å². The molecule has 0 N–H and O–H groups in total. The first-order chi connectivity index (χ1) is 7.99. The van der Waals surface area contributed by atoms with Gasteiger partial charge in [-0.15, -0.1) is 0 Å². The molecular formula is C10H5Cl2F3N2. The van der Waals surface area contributed by atoms with Crippen LogP contribution >= 0.6 is 23.2 Å². The molecule has 0 aliphatic carbocycles. The van der Waals surface area contributed by atoms with E-state index in [0.29, 0.717) is 0 Å². The standard InChI is InChI=1S/C10H5Cl2F3N2/c11-6-2-1-5(3-7(6)13)17-9(12)4-8(16-17)10(14)15/h1-4,10H. The average molecular weight is 281 g/mol. The monoisotopic (exact) mass is 280 g/mol. The quantitative estimate of drug-likeness (QED) is 0.804. The number of hydrogen-bond acceptors (Lipinski definition) is 1. The minimum Gasteiger partial charge on any atom is -0.222 e. The molecule has 0 aliphatic rings. The van der Waals surface area contributed by atoms with Gasteiger partial charge in [-0.05, 0) is 12.1 Å². The summed E-state index contributed by atoms with van der Waals surface area (Å²) in [4.78, 5) is 0. The van der Waals surface area contributed by atoms with E-state index in [2.05, 4.69) is 5.10 Å². The third-order valence-corrected chi connectivity index (χ3v) is 2.63. The molecule has 2 aromatic rings. The van der Waals surface area contributed by atoms with Gasteiger partial charge < -0.3 is 0 Å². The van der Waals surface area contributed by atoms with Gasteiger partial charge in [0.05, 0.1) is 10.7 Å². The van der Waals surface area contributed by atoms with Crippen molar-refractivity contribution in [1.29, 1.82) is 0 Å². The Bertz CT molecular complexity index is 554. The maximum absolute atomic E-state index is 13.2. The lowest BCUT2D eigenvalue weighted by molar-refractivity contribution is 0.145. The van der Waals surface area contributed by atoms with Crippen molar-refractivity contribution in [3.05, 3.63) is 46.0 Å². The van der Waals surface area contributed by atoms with Crippen molar-refractivity contribution in [2.24, 2.45) is 0 Å². The Labute approximate surface area is 105 Å². The second-order valence-electron chi connectivity index (χ2n) is 3.20. The van der Waals surface area contributed by atoms with Crippen LogP contribution in [0.25, 0.3) is 5.69 Å². The normalized spacial score (nSPS) is 11.2. The number of aromatic nitrogens is 2. The fourth-order valence-corrected chi connectivity index (χ4v) is 1.64. The predicted molar refractivity (Wildman–Crippen MR) is 58.5 cm³/mol. The van der Waals surface area contributed by atoms with Gasteiger partial charge in [0.15, 0.2) is 0 Å². The summed E-state index contributed by atoms with van der Waals surface area (Å²) in [5.41, 5.74) is -0.242. The largest absolute Gasteiger partial charge is 0.282 e. The number of benzene rings is 1. The van der Waals surface area contributed by atoms with E-state index in [-0.39, 0.29) is 15.9 Å². The van der Waals surface area contributed by atoms with Crippen LogP contribution in [0.3, 0.4) is 0 Å². The molecule has 1 aromatic heterocycles. The van der Waals surface area contributed by atoms with Crippen LogP contribution in [-0.2, 0) is 0 Å². The third-order valence-electron chi connectivity index (χ3n) is 2.06. The first-order valence-corrected chi connectivity index (χ1v) is 5.23. The van der Waals surface area contributed by atoms with Crippen LogP contribution in [-0.4, -0.2) is 9.78 Å². The van der Waals surface area contributed by atoms with Crippen LogP contribution in [0.4, 0.5) is 13.2 Å². The summed E-state index contributed by atoms with van der Waals surface area (Å²) in [6.07, 6.45) is -2.73. The van der Waals surface area contributed by atoms with Gasteiger partial charge in [-0.1, -0.05) is 23.2 Å². The molecule has 2 rings (SSSR count). The molecule has 0 radical (unpaired) electrons. The molecule has 7 heteroatoms. The predicted octanol–water partition coefficient (Wildman–Crippen LogP) is 4.26. The van der Waals surface area contributed by atoms with Crippen LogP contribution in [0, 0.1) is 5.82 Å². The maximum Gasteiger partial charge on any atom is 0.282 e. The highest BCUT2D eigenvalue weighted by Crippen LogP contribution is 2.25. The molecule has 0 unspecified atom stereocenters. The highest BCUT2D eigenvalue weighted by molar-refractivity contribution is 6.31. The molecule has 1 heterocycles. The zero-order chi connectivity index (χ0) is 12.6. The second kappa shape index (κ2) is 4.58. The fraction of sp³-hybridized carbons (Fsp3) is 0.100. The second-order valence-corrected chi connectivity index (χ2v) is 4.00. The zero-order valence-corrected chi connectivity index (χ0v) is 9.68. The molecule has 1 aromatic carbocycles. The topological polar surface area (TPSA) is 17.8 Å². The van der Waals surface area contributed by atoms with Gasteiger partial charge in [0.1, 0.15) is 16.7 Å². The summed E-state index contributed by atoms with van der Waals surface area (Å²) in [5.74, 6) is -0.672. The van der Waals surface area contributed by atoms with Crippen molar-refractivity contribution in [2.45, 2.75) is 6.43 Å².